The van der Waals surface area contributed by atoms with E-state index < -0.39 is 0 Å². The molecule has 0 bridgehead atoms. The van der Waals surface area contributed by atoms with Crippen molar-refractivity contribution in [1.29, 1.82) is 0 Å². The molecule has 0 unspecified atom stereocenters. The molecule has 0 fully saturated rings. The Hall–Kier alpha value is -1.82. The van der Waals surface area contributed by atoms with Crippen LogP contribution in [0.15, 0.2) is 33.5 Å². The first kappa shape index (κ1) is 10.3. The van der Waals surface area contributed by atoms with Crippen molar-refractivity contribution >= 4 is 27.2 Å². The van der Waals surface area contributed by atoms with Crippen LogP contribution in [-0.4, -0.2) is 19.9 Å². The van der Waals surface area contributed by atoms with Crippen LogP contribution in [0.2, 0.25) is 0 Å². The van der Waals surface area contributed by atoms with Gasteiger partial charge in [0.15, 0.2) is 0 Å². The molecule has 0 radical (unpaired) electrons. The van der Waals surface area contributed by atoms with Crippen molar-refractivity contribution in [3.63, 3.8) is 0 Å². The van der Waals surface area contributed by atoms with E-state index >= 15 is 0 Å². The summed E-state index contributed by atoms with van der Waals surface area (Å²) in [5.74, 6) is 0.455. The number of aromatic nitrogens is 4. The van der Waals surface area contributed by atoms with E-state index in [2.05, 4.69) is 35.9 Å². The monoisotopic (exact) mass is 290 g/mol. The van der Waals surface area contributed by atoms with E-state index in [9.17, 15) is 0 Å². The highest BCUT2D eigenvalue weighted by Crippen LogP contribution is 2.23. The summed E-state index contributed by atoms with van der Waals surface area (Å²) in [7, 11) is 0. The van der Waals surface area contributed by atoms with Crippen LogP contribution in [0.1, 0.15) is 5.69 Å². The molecule has 0 amide bonds. The number of aryl methyl sites for hydroxylation is 1. The van der Waals surface area contributed by atoms with Gasteiger partial charge in [-0.25, -0.2) is 19.9 Å². The Bertz CT molecular complexity index is 695. The minimum Gasteiger partial charge on any atom is -0.416 e. The van der Waals surface area contributed by atoms with Crippen molar-refractivity contribution in [2.45, 2.75) is 6.92 Å². The van der Waals surface area contributed by atoms with Crippen LogP contribution in [0.3, 0.4) is 0 Å². The zero-order valence-corrected chi connectivity index (χ0v) is 10.5. The van der Waals surface area contributed by atoms with Crippen LogP contribution in [0, 0.1) is 6.92 Å². The van der Waals surface area contributed by atoms with Gasteiger partial charge in [-0.15, -0.1) is 0 Å². The fraction of sp³-hybridized carbons (Fsp3) is 0.0909. The molecule has 84 valence electrons. The number of hydrogen-bond donors (Lipinski definition) is 0. The number of nitrogens with zero attached hydrogens (tertiary/aromatic N) is 4. The van der Waals surface area contributed by atoms with Gasteiger partial charge >= 0.3 is 0 Å². The van der Waals surface area contributed by atoms with Crippen molar-refractivity contribution < 1.29 is 4.42 Å². The Morgan fingerprint density at radius 2 is 2.06 bits per heavy atom. The number of hydrogen-bond acceptors (Lipinski definition) is 5. The lowest BCUT2D eigenvalue weighted by Gasteiger charge is -1.93. The molecule has 0 aliphatic carbocycles. The average Bonchev–Trinajstić information content (AvgIpc) is 2.72. The fourth-order valence-corrected chi connectivity index (χ4v) is 1.80. The normalized spacial score (nSPS) is 10.9. The van der Waals surface area contributed by atoms with Crippen molar-refractivity contribution in [1.82, 2.24) is 19.9 Å². The SMILES string of the molecule is Cc1cc(-c2nc3cc(Br)cnc3o2)ncn1. The predicted molar refractivity (Wildman–Crippen MR) is 65.3 cm³/mol. The highest BCUT2D eigenvalue weighted by atomic mass is 79.9. The third kappa shape index (κ3) is 1.91. The maximum Gasteiger partial charge on any atom is 0.248 e. The highest BCUT2D eigenvalue weighted by molar-refractivity contribution is 9.10. The van der Waals surface area contributed by atoms with Crippen LogP contribution in [0.4, 0.5) is 0 Å². The van der Waals surface area contributed by atoms with Gasteiger partial charge in [-0.1, -0.05) is 0 Å². The summed E-state index contributed by atoms with van der Waals surface area (Å²) in [6.45, 7) is 1.89. The van der Waals surface area contributed by atoms with Crippen molar-refractivity contribution in [3.8, 4) is 11.6 Å². The lowest BCUT2D eigenvalue weighted by atomic mass is 10.3. The van der Waals surface area contributed by atoms with E-state index in [4.69, 9.17) is 4.42 Å². The number of pyridine rings is 1. The maximum absolute atomic E-state index is 5.53. The highest BCUT2D eigenvalue weighted by Gasteiger charge is 2.10. The Kier molecular flexibility index (Phi) is 2.36. The third-order valence-corrected chi connectivity index (χ3v) is 2.67. The molecule has 0 spiro atoms. The van der Waals surface area contributed by atoms with E-state index in [1.54, 1.807) is 6.20 Å². The van der Waals surface area contributed by atoms with Gasteiger partial charge in [0.2, 0.25) is 11.6 Å². The number of rotatable bonds is 1. The molecule has 0 N–H and O–H groups in total. The Labute approximate surface area is 105 Å². The van der Waals surface area contributed by atoms with Crippen molar-refractivity contribution in [3.05, 3.63) is 34.8 Å². The molecule has 5 nitrogen and oxygen atoms in total. The molecule has 3 aromatic heterocycles. The van der Waals surface area contributed by atoms with Crippen LogP contribution < -0.4 is 0 Å². The quantitative estimate of drug-likeness (QED) is 0.689. The largest absolute Gasteiger partial charge is 0.416 e. The summed E-state index contributed by atoms with van der Waals surface area (Å²) in [6, 6.07) is 3.67. The first-order chi connectivity index (χ1) is 8.22. The molecule has 0 aliphatic rings. The second kappa shape index (κ2) is 3.89. The van der Waals surface area contributed by atoms with Gasteiger partial charge in [-0.3, -0.25) is 0 Å². The number of oxazole rings is 1. The van der Waals surface area contributed by atoms with Gasteiger partial charge in [-0.2, -0.15) is 0 Å². The summed E-state index contributed by atoms with van der Waals surface area (Å²) in [6.07, 6.45) is 3.16. The van der Waals surface area contributed by atoms with Crippen LogP contribution >= 0.6 is 15.9 Å². The average molecular weight is 291 g/mol. The van der Waals surface area contributed by atoms with E-state index in [1.807, 2.05) is 19.1 Å². The van der Waals surface area contributed by atoms with Gasteiger partial charge in [0.05, 0.1) is 0 Å². The molecule has 0 atom stereocenters. The lowest BCUT2D eigenvalue weighted by molar-refractivity contribution is 0.604. The third-order valence-electron chi connectivity index (χ3n) is 2.24. The summed E-state index contributed by atoms with van der Waals surface area (Å²) in [4.78, 5) is 16.6. The van der Waals surface area contributed by atoms with Gasteiger partial charge in [0.25, 0.3) is 0 Å². The molecular formula is C11H7BrN4O. The van der Waals surface area contributed by atoms with Gasteiger partial charge in [0.1, 0.15) is 17.5 Å². The molecule has 0 saturated carbocycles. The van der Waals surface area contributed by atoms with E-state index in [1.165, 1.54) is 6.33 Å². The van der Waals surface area contributed by atoms with Gasteiger partial charge in [0, 0.05) is 16.4 Å². The van der Waals surface area contributed by atoms with E-state index in [0.29, 0.717) is 22.8 Å². The standard InChI is InChI=1S/C11H7BrN4O/c1-6-2-8(15-5-14-6)11-16-9-3-7(12)4-13-10(9)17-11/h2-5H,1H3. The second-order valence-electron chi connectivity index (χ2n) is 3.54. The minimum absolute atomic E-state index is 0.455. The first-order valence-corrected chi connectivity index (χ1v) is 5.73. The van der Waals surface area contributed by atoms with Gasteiger partial charge in [-0.05, 0) is 35.0 Å². The summed E-state index contributed by atoms with van der Waals surface area (Å²) in [5.41, 5.74) is 2.73. The smallest absolute Gasteiger partial charge is 0.248 e. The molecule has 0 aliphatic heterocycles. The molecule has 3 aromatic rings. The van der Waals surface area contributed by atoms with Crippen LogP contribution in [0.25, 0.3) is 22.8 Å². The van der Waals surface area contributed by atoms with E-state index in [-0.39, 0.29) is 0 Å². The van der Waals surface area contributed by atoms with E-state index in [0.717, 1.165) is 10.2 Å². The zero-order chi connectivity index (χ0) is 11.8. The lowest BCUT2D eigenvalue weighted by Crippen LogP contribution is -1.87. The fourth-order valence-electron chi connectivity index (χ4n) is 1.48. The summed E-state index contributed by atoms with van der Waals surface area (Å²) in [5, 5.41) is 0. The zero-order valence-electron chi connectivity index (χ0n) is 8.88. The van der Waals surface area contributed by atoms with Crippen LogP contribution in [-0.2, 0) is 0 Å². The van der Waals surface area contributed by atoms with Crippen molar-refractivity contribution in [2.75, 3.05) is 0 Å². The van der Waals surface area contributed by atoms with Gasteiger partial charge < -0.3 is 4.42 Å². The number of halogens is 1. The molecule has 0 saturated heterocycles. The molecule has 3 rings (SSSR count). The Morgan fingerprint density at radius 1 is 1.18 bits per heavy atom. The predicted octanol–water partition coefficient (Wildman–Crippen LogP) is 2.75. The molecular weight excluding hydrogens is 284 g/mol. The number of fused-ring (bicyclic) bond motifs is 1. The maximum atomic E-state index is 5.53. The molecule has 6 heteroatoms. The Balaban J connectivity index is 2.18. The topological polar surface area (TPSA) is 64.7 Å². The summed E-state index contributed by atoms with van der Waals surface area (Å²) >= 11 is 3.34. The Morgan fingerprint density at radius 3 is 2.88 bits per heavy atom. The van der Waals surface area contributed by atoms with Crippen molar-refractivity contribution in [2.24, 2.45) is 0 Å². The second-order valence-corrected chi connectivity index (χ2v) is 4.46. The first-order valence-electron chi connectivity index (χ1n) is 4.93. The van der Waals surface area contributed by atoms with Crippen LogP contribution in [0.5, 0.6) is 0 Å². The summed E-state index contributed by atoms with van der Waals surface area (Å²) < 4.78 is 6.40. The minimum atomic E-state index is 0.455. The molecule has 3 heterocycles. The molecule has 17 heavy (non-hydrogen) atoms. The molecule has 0 aromatic carbocycles.